The molecule has 2 aromatic rings. The molecule has 2 atom stereocenters. The maximum absolute atomic E-state index is 12.7. The predicted molar refractivity (Wildman–Crippen MR) is 85.1 cm³/mol. The minimum Gasteiger partial charge on any atom is -0.489 e. The number of hydrogen-bond acceptors (Lipinski definition) is 4. The van der Waals surface area contributed by atoms with Gasteiger partial charge in [-0.15, -0.1) is 0 Å². The van der Waals surface area contributed by atoms with Crippen molar-refractivity contribution in [2.75, 3.05) is 0 Å². The number of amides is 1. The Kier molecular flexibility index (Phi) is 3.69. The number of ether oxygens (including phenoxy) is 1. The Morgan fingerprint density at radius 1 is 1.09 bits per heavy atom. The van der Waals surface area contributed by atoms with Crippen LogP contribution < -0.4 is 4.74 Å². The van der Waals surface area contributed by atoms with Crippen molar-refractivity contribution in [3.05, 3.63) is 54.6 Å². The first kappa shape index (κ1) is 14.2. The minimum atomic E-state index is 0.0536. The number of piperidine rings is 1. The van der Waals surface area contributed by atoms with Crippen LogP contribution in [0.5, 0.6) is 5.75 Å². The van der Waals surface area contributed by atoms with E-state index >= 15 is 0 Å². The van der Waals surface area contributed by atoms with Gasteiger partial charge in [-0.1, -0.05) is 6.07 Å². The molecule has 1 amide bonds. The maximum atomic E-state index is 12.7. The van der Waals surface area contributed by atoms with Gasteiger partial charge in [0.15, 0.2) is 0 Å². The van der Waals surface area contributed by atoms with E-state index in [2.05, 4.69) is 9.97 Å². The van der Waals surface area contributed by atoms with Crippen molar-refractivity contribution in [1.82, 2.24) is 14.9 Å². The van der Waals surface area contributed by atoms with E-state index in [1.807, 2.05) is 29.2 Å². The second-order valence-corrected chi connectivity index (χ2v) is 6.21. The smallest absolute Gasteiger partial charge is 0.272 e. The van der Waals surface area contributed by atoms with Gasteiger partial charge in [-0.05, 0) is 37.1 Å². The molecule has 0 spiro atoms. The third-order valence-corrected chi connectivity index (χ3v) is 4.75. The zero-order valence-electron chi connectivity index (χ0n) is 12.8. The van der Waals surface area contributed by atoms with Gasteiger partial charge in [-0.25, -0.2) is 0 Å². The summed E-state index contributed by atoms with van der Waals surface area (Å²) in [6.07, 6.45) is 9.18. The molecule has 2 aliphatic heterocycles. The van der Waals surface area contributed by atoms with E-state index in [4.69, 9.17) is 4.74 Å². The first-order valence-corrected chi connectivity index (χ1v) is 8.11. The third-order valence-electron chi connectivity index (χ3n) is 4.75. The molecular weight excluding hydrogens is 290 g/mol. The highest BCUT2D eigenvalue weighted by molar-refractivity contribution is 5.93. The van der Waals surface area contributed by atoms with Gasteiger partial charge in [-0.3, -0.25) is 14.8 Å². The Hall–Kier alpha value is -2.43. The fourth-order valence-corrected chi connectivity index (χ4v) is 3.79. The average Bonchev–Trinajstić information content (AvgIpc) is 2.87. The SMILES string of the molecule is O=C(c1ccccn1)N1C2CCC1CC(Oc1cccnc1)C2. The molecule has 118 valence electrons. The third kappa shape index (κ3) is 2.79. The molecule has 0 radical (unpaired) electrons. The molecular formula is C18H19N3O2. The van der Waals surface area contributed by atoms with Gasteiger partial charge in [0.05, 0.1) is 6.20 Å². The highest BCUT2D eigenvalue weighted by Gasteiger charge is 2.44. The zero-order chi connectivity index (χ0) is 15.6. The number of nitrogens with zero attached hydrogens (tertiary/aromatic N) is 3. The van der Waals surface area contributed by atoms with Crippen molar-refractivity contribution in [3.63, 3.8) is 0 Å². The molecule has 2 fully saturated rings. The number of fused-ring (bicyclic) bond motifs is 2. The molecule has 0 aliphatic carbocycles. The topological polar surface area (TPSA) is 55.3 Å². The predicted octanol–water partition coefficient (Wildman–Crippen LogP) is 2.69. The molecule has 4 heterocycles. The van der Waals surface area contributed by atoms with Crippen molar-refractivity contribution in [1.29, 1.82) is 0 Å². The number of rotatable bonds is 3. The minimum absolute atomic E-state index is 0.0536. The van der Waals surface area contributed by atoms with Gasteiger partial charge < -0.3 is 9.64 Å². The average molecular weight is 309 g/mol. The van der Waals surface area contributed by atoms with Crippen LogP contribution in [-0.4, -0.2) is 39.0 Å². The fraction of sp³-hybridized carbons (Fsp3) is 0.389. The van der Waals surface area contributed by atoms with Crippen LogP contribution in [0.4, 0.5) is 0 Å². The second-order valence-electron chi connectivity index (χ2n) is 6.21. The highest BCUT2D eigenvalue weighted by Crippen LogP contribution is 2.38. The molecule has 5 nitrogen and oxygen atoms in total. The number of pyridine rings is 2. The Balaban J connectivity index is 1.47. The highest BCUT2D eigenvalue weighted by atomic mass is 16.5. The summed E-state index contributed by atoms with van der Waals surface area (Å²) in [5.74, 6) is 0.860. The lowest BCUT2D eigenvalue weighted by atomic mass is 9.99. The van der Waals surface area contributed by atoms with Crippen molar-refractivity contribution >= 4 is 5.91 Å². The monoisotopic (exact) mass is 309 g/mol. The lowest BCUT2D eigenvalue weighted by Gasteiger charge is -2.38. The van der Waals surface area contributed by atoms with Crippen LogP contribution in [0, 0.1) is 0 Å². The van der Waals surface area contributed by atoms with E-state index < -0.39 is 0 Å². The lowest BCUT2D eigenvalue weighted by Crippen LogP contribution is -2.49. The summed E-state index contributed by atoms with van der Waals surface area (Å²) in [5, 5.41) is 0. The molecule has 2 aromatic heterocycles. The molecule has 2 saturated heterocycles. The Labute approximate surface area is 135 Å². The molecule has 2 bridgehead atoms. The van der Waals surface area contributed by atoms with E-state index in [1.165, 1.54) is 0 Å². The van der Waals surface area contributed by atoms with E-state index in [1.54, 1.807) is 24.7 Å². The first-order valence-electron chi connectivity index (χ1n) is 8.11. The van der Waals surface area contributed by atoms with E-state index in [-0.39, 0.29) is 24.1 Å². The Bertz CT molecular complexity index is 663. The second kappa shape index (κ2) is 5.99. The van der Waals surface area contributed by atoms with Crippen molar-refractivity contribution < 1.29 is 9.53 Å². The molecule has 5 heteroatoms. The van der Waals surface area contributed by atoms with Crippen LogP contribution in [0.2, 0.25) is 0 Å². The molecule has 0 N–H and O–H groups in total. The van der Waals surface area contributed by atoms with Crippen LogP contribution in [-0.2, 0) is 0 Å². The summed E-state index contributed by atoms with van der Waals surface area (Å²) in [4.78, 5) is 23.1. The number of hydrogen-bond donors (Lipinski definition) is 0. The Morgan fingerprint density at radius 2 is 1.91 bits per heavy atom. The van der Waals surface area contributed by atoms with Crippen LogP contribution in [0.25, 0.3) is 0 Å². The molecule has 0 saturated carbocycles. The summed E-state index contributed by atoms with van der Waals surface area (Å²) in [6.45, 7) is 0. The lowest BCUT2D eigenvalue weighted by molar-refractivity contribution is 0.0353. The maximum Gasteiger partial charge on any atom is 0.272 e. The summed E-state index contributed by atoms with van der Waals surface area (Å²) >= 11 is 0. The van der Waals surface area contributed by atoms with Gasteiger partial charge in [0.25, 0.3) is 5.91 Å². The number of aromatic nitrogens is 2. The molecule has 0 aromatic carbocycles. The summed E-state index contributed by atoms with van der Waals surface area (Å²) < 4.78 is 6.05. The van der Waals surface area contributed by atoms with Gasteiger partial charge in [0.1, 0.15) is 17.5 Å². The van der Waals surface area contributed by atoms with Crippen molar-refractivity contribution in [2.45, 2.75) is 43.9 Å². The summed E-state index contributed by atoms with van der Waals surface area (Å²) in [5.41, 5.74) is 0.538. The number of carbonyl (C=O) groups is 1. The standard InChI is InChI=1S/C18H19N3O2/c22-18(17-5-1-2-9-20-17)21-13-6-7-14(21)11-16(10-13)23-15-4-3-8-19-12-15/h1-5,8-9,12-14,16H,6-7,10-11H2. The molecule has 2 unspecified atom stereocenters. The zero-order valence-corrected chi connectivity index (χ0v) is 12.8. The molecule has 4 rings (SSSR count). The van der Waals surface area contributed by atoms with Crippen LogP contribution >= 0.6 is 0 Å². The van der Waals surface area contributed by atoms with Crippen molar-refractivity contribution in [3.8, 4) is 5.75 Å². The van der Waals surface area contributed by atoms with Crippen LogP contribution in [0.15, 0.2) is 48.9 Å². The van der Waals surface area contributed by atoms with Gasteiger partial charge in [-0.2, -0.15) is 0 Å². The molecule has 2 aliphatic rings. The normalized spacial score (nSPS) is 26.1. The van der Waals surface area contributed by atoms with Gasteiger partial charge in [0, 0.05) is 37.3 Å². The molecule has 23 heavy (non-hydrogen) atoms. The summed E-state index contributed by atoms with van der Waals surface area (Å²) in [6, 6.07) is 9.80. The van der Waals surface area contributed by atoms with E-state index in [9.17, 15) is 4.79 Å². The van der Waals surface area contributed by atoms with Crippen molar-refractivity contribution in [2.24, 2.45) is 0 Å². The van der Waals surface area contributed by atoms with Crippen LogP contribution in [0.3, 0.4) is 0 Å². The quantitative estimate of drug-likeness (QED) is 0.875. The Morgan fingerprint density at radius 3 is 2.57 bits per heavy atom. The summed E-state index contributed by atoms with van der Waals surface area (Å²) in [7, 11) is 0. The van der Waals surface area contributed by atoms with Gasteiger partial charge in [0.2, 0.25) is 0 Å². The van der Waals surface area contributed by atoms with Crippen LogP contribution in [0.1, 0.15) is 36.2 Å². The van der Waals surface area contributed by atoms with E-state index in [0.717, 1.165) is 31.4 Å². The largest absolute Gasteiger partial charge is 0.489 e. The van der Waals surface area contributed by atoms with E-state index in [0.29, 0.717) is 5.69 Å². The fourth-order valence-electron chi connectivity index (χ4n) is 3.79. The number of carbonyl (C=O) groups excluding carboxylic acids is 1. The van der Waals surface area contributed by atoms with Gasteiger partial charge >= 0.3 is 0 Å². The first-order chi connectivity index (χ1) is 11.3.